The second-order valence-corrected chi connectivity index (χ2v) is 8.49. The van der Waals surface area contributed by atoms with Gasteiger partial charge in [-0.3, -0.25) is 9.36 Å². The van der Waals surface area contributed by atoms with E-state index in [1.807, 2.05) is 0 Å². The van der Waals surface area contributed by atoms with E-state index in [1.54, 1.807) is 0 Å². The quantitative estimate of drug-likeness (QED) is 0.870. The summed E-state index contributed by atoms with van der Waals surface area (Å²) in [6.45, 7) is 0.139. The van der Waals surface area contributed by atoms with Gasteiger partial charge in [-0.25, -0.2) is 13.4 Å². The predicted molar refractivity (Wildman–Crippen MR) is 87.4 cm³/mol. The summed E-state index contributed by atoms with van der Waals surface area (Å²) in [7, 11) is -3.10. The molecular weight excluding hydrogens is 373 g/mol. The van der Waals surface area contributed by atoms with E-state index in [-0.39, 0.29) is 35.1 Å². The molecule has 26 heavy (non-hydrogen) atoms. The molecule has 0 aliphatic carbocycles. The topological polar surface area (TPSA) is 89.3 Å². The molecule has 1 atom stereocenters. The molecule has 0 saturated carbocycles. The Labute approximate surface area is 146 Å². The highest BCUT2D eigenvalue weighted by molar-refractivity contribution is 7.91. The van der Waals surface area contributed by atoms with Crippen molar-refractivity contribution in [2.24, 2.45) is 5.92 Å². The van der Waals surface area contributed by atoms with Crippen LogP contribution in [0.2, 0.25) is 0 Å². The Balaban J connectivity index is 1.94. The van der Waals surface area contributed by atoms with Crippen molar-refractivity contribution in [2.75, 3.05) is 11.5 Å². The highest BCUT2D eigenvalue weighted by Crippen LogP contribution is 2.35. The van der Waals surface area contributed by atoms with Crippen LogP contribution in [-0.4, -0.2) is 34.6 Å². The molecule has 0 radical (unpaired) electrons. The summed E-state index contributed by atoms with van der Waals surface area (Å²) < 4.78 is 62.4. The van der Waals surface area contributed by atoms with Gasteiger partial charge in [-0.2, -0.15) is 13.2 Å². The van der Waals surface area contributed by atoms with Gasteiger partial charge < -0.3 is 5.11 Å². The van der Waals surface area contributed by atoms with Crippen LogP contribution in [0.5, 0.6) is 5.75 Å². The summed E-state index contributed by atoms with van der Waals surface area (Å²) in [5.74, 6) is -0.857. The van der Waals surface area contributed by atoms with Crippen molar-refractivity contribution in [3.8, 4) is 16.9 Å². The zero-order valence-corrected chi connectivity index (χ0v) is 14.2. The molecule has 0 bridgehead atoms. The lowest BCUT2D eigenvalue weighted by molar-refractivity contribution is -0.137. The molecule has 10 heteroatoms. The van der Waals surface area contributed by atoms with Gasteiger partial charge >= 0.3 is 6.18 Å². The van der Waals surface area contributed by atoms with Gasteiger partial charge in [0.2, 0.25) is 0 Å². The van der Waals surface area contributed by atoms with Crippen molar-refractivity contribution in [2.45, 2.75) is 19.1 Å². The van der Waals surface area contributed by atoms with E-state index >= 15 is 0 Å². The van der Waals surface area contributed by atoms with Gasteiger partial charge in [-0.05, 0) is 30.5 Å². The van der Waals surface area contributed by atoms with E-state index in [1.165, 1.54) is 10.9 Å². The molecule has 1 aliphatic rings. The number of rotatable bonds is 3. The van der Waals surface area contributed by atoms with Crippen molar-refractivity contribution in [1.29, 1.82) is 0 Å². The van der Waals surface area contributed by atoms with Crippen LogP contribution >= 0.6 is 0 Å². The molecule has 1 fully saturated rings. The maximum absolute atomic E-state index is 12.7. The third kappa shape index (κ3) is 3.74. The van der Waals surface area contributed by atoms with Gasteiger partial charge in [-0.15, -0.1) is 0 Å². The van der Waals surface area contributed by atoms with Crippen molar-refractivity contribution < 1.29 is 26.7 Å². The first-order chi connectivity index (χ1) is 12.1. The molecule has 0 spiro atoms. The van der Waals surface area contributed by atoms with E-state index in [4.69, 9.17) is 0 Å². The first-order valence-electron chi connectivity index (χ1n) is 7.72. The third-order valence-corrected chi connectivity index (χ3v) is 6.13. The van der Waals surface area contributed by atoms with Gasteiger partial charge in [0.15, 0.2) is 9.84 Å². The molecule has 6 nitrogen and oxygen atoms in total. The van der Waals surface area contributed by atoms with Gasteiger partial charge in [0, 0.05) is 18.3 Å². The predicted octanol–water partition coefficient (Wildman–Crippen LogP) is 2.07. The SMILES string of the molecule is O=c1c(-c2ccc(C(F)(F)F)cc2O)cncn1CC1CCS(=O)(=O)C1. The normalized spacial score (nSPS) is 19.6. The first kappa shape index (κ1) is 18.4. The van der Waals surface area contributed by atoms with Crippen molar-refractivity contribution >= 4 is 9.84 Å². The molecule has 1 N–H and O–H groups in total. The maximum Gasteiger partial charge on any atom is 0.416 e. The number of alkyl halides is 3. The van der Waals surface area contributed by atoms with Crippen molar-refractivity contribution in [3.05, 3.63) is 46.6 Å². The number of benzene rings is 1. The second kappa shape index (κ2) is 6.42. The molecule has 1 unspecified atom stereocenters. The number of phenols is 1. The summed E-state index contributed by atoms with van der Waals surface area (Å²) in [5, 5.41) is 9.92. The highest BCUT2D eigenvalue weighted by atomic mass is 32.2. The van der Waals surface area contributed by atoms with Gasteiger partial charge in [0.25, 0.3) is 5.56 Å². The van der Waals surface area contributed by atoms with Crippen LogP contribution < -0.4 is 5.56 Å². The number of nitrogens with zero attached hydrogens (tertiary/aromatic N) is 2. The standard InChI is InChI=1S/C16H15F3N2O4S/c17-16(18,19)11-1-2-12(14(22)5-11)13-6-20-9-21(15(13)23)7-10-3-4-26(24,25)8-10/h1-2,5-6,9-10,22H,3-4,7-8H2. The smallest absolute Gasteiger partial charge is 0.416 e. The fraction of sp³-hybridized carbons (Fsp3) is 0.375. The molecule has 3 rings (SSSR count). The summed E-state index contributed by atoms with van der Waals surface area (Å²) in [6, 6.07) is 2.34. The Hall–Kier alpha value is -2.36. The molecule has 2 heterocycles. The van der Waals surface area contributed by atoms with Crippen LogP contribution in [0.25, 0.3) is 11.1 Å². The van der Waals surface area contributed by atoms with Crippen LogP contribution in [0, 0.1) is 5.92 Å². The number of aromatic nitrogens is 2. The van der Waals surface area contributed by atoms with Crippen LogP contribution in [0.4, 0.5) is 13.2 Å². The fourth-order valence-corrected chi connectivity index (χ4v) is 4.84. The molecule has 0 amide bonds. The zero-order valence-electron chi connectivity index (χ0n) is 13.4. The van der Waals surface area contributed by atoms with E-state index in [2.05, 4.69) is 4.98 Å². The van der Waals surface area contributed by atoms with Crippen molar-refractivity contribution in [1.82, 2.24) is 9.55 Å². The minimum atomic E-state index is -4.61. The molecule has 1 aliphatic heterocycles. The molecule has 1 saturated heterocycles. The minimum absolute atomic E-state index is 0.0187. The van der Waals surface area contributed by atoms with E-state index in [0.717, 1.165) is 18.3 Å². The average Bonchev–Trinajstić information content (AvgIpc) is 2.88. The lowest BCUT2D eigenvalue weighted by atomic mass is 10.0. The highest BCUT2D eigenvalue weighted by Gasteiger charge is 2.31. The number of phenolic OH excluding ortho intramolecular Hbond substituents is 1. The fourth-order valence-electron chi connectivity index (χ4n) is 3.00. The Bertz CT molecular complexity index is 999. The van der Waals surface area contributed by atoms with Gasteiger partial charge in [0.05, 0.1) is 29.0 Å². The Morgan fingerprint density at radius 3 is 2.58 bits per heavy atom. The number of halogens is 3. The third-order valence-electron chi connectivity index (χ3n) is 4.30. The number of sulfone groups is 1. The van der Waals surface area contributed by atoms with Crippen molar-refractivity contribution in [3.63, 3.8) is 0 Å². The summed E-state index contributed by atoms with van der Waals surface area (Å²) in [6.07, 6.45) is -1.77. The van der Waals surface area contributed by atoms with Crippen LogP contribution in [0.3, 0.4) is 0 Å². The molecule has 2 aromatic rings. The maximum atomic E-state index is 12.7. The Kier molecular flexibility index (Phi) is 4.55. The largest absolute Gasteiger partial charge is 0.507 e. The Morgan fingerprint density at radius 2 is 2.00 bits per heavy atom. The zero-order chi connectivity index (χ0) is 19.1. The summed E-state index contributed by atoms with van der Waals surface area (Å²) in [4.78, 5) is 16.5. The van der Waals surface area contributed by atoms with E-state index in [9.17, 15) is 31.5 Å². The van der Waals surface area contributed by atoms with Crippen LogP contribution in [0.15, 0.2) is 35.5 Å². The average molecular weight is 388 g/mol. The lowest BCUT2D eigenvalue weighted by Crippen LogP contribution is -2.26. The van der Waals surface area contributed by atoms with E-state index in [0.29, 0.717) is 12.5 Å². The summed E-state index contributed by atoms with van der Waals surface area (Å²) in [5.41, 5.74) is -1.71. The van der Waals surface area contributed by atoms with Crippen LogP contribution in [-0.2, 0) is 22.6 Å². The summed E-state index contributed by atoms with van der Waals surface area (Å²) >= 11 is 0. The molecule has 1 aromatic carbocycles. The second-order valence-electron chi connectivity index (χ2n) is 6.26. The van der Waals surface area contributed by atoms with Gasteiger partial charge in [0.1, 0.15) is 5.75 Å². The molecular formula is C16H15F3N2O4S. The monoisotopic (exact) mass is 388 g/mol. The van der Waals surface area contributed by atoms with Crippen LogP contribution in [0.1, 0.15) is 12.0 Å². The number of aromatic hydroxyl groups is 1. The first-order valence-corrected chi connectivity index (χ1v) is 9.54. The minimum Gasteiger partial charge on any atom is -0.507 e. The lowest BCUT2D eigenvalue weighted by Gasteiger charge is -2.13. The van der Waals surface area contributed by atoms with E-state index < -0.39 is 32.9 Å². The van der Waals surface area contributed by atoms with Gasteiger partial charge in [-0.1, -0.05) is 0 Å². The molecule has 1 aromatic heterocycles. The number of hydrogen-bond donors (Lipinski definition) is 1. The number of hydrogen-bond acceptors (Lipinski definition) is 5. The molecule has 140 valence electrons. The Morgan fingerprint density at radius 1 is 1.27 bits per heavy atom.